The molecule has 0 heterocycles. The van der Waals surface area contributed by atoms with Crippen LogP contribution >= 0.6 is 0 Å². The molecule has 0 radical (unpaired) electrons. The van der Waals surface area contributed by atoms with Gasteiger partial charge in [0.05, 0.1) is 6.10 Å². The van der Waals surface area contributed by atoms with Crippen molar-refractivity contribution < 1.29 is 4.74 Å². The fourth-order valence-electron chi connectivity index (χ4n) is 3.60. The third-order valence-corrected chi connectivity index (χ3v) is 5.01. The van der Waals surface area contributed by atoms with Crippen molar-refractivity contribution >= 4 is 10.8 Å². The van der Waals surface area contributed by atoms with Crippen LogP contribution in [0.4, 0.5) is 0 Å². The molecular weight excluding hydrogens is 256 g/mol. The van der Waals surface area contributed by atoms with Crippen molar-refractivity contribution in [2.45, 2.75) is 52.6 Å². The molecule has 0 aliphatic heterocycles. The molecule has 0 spiro atoms. The van der Waals surface area contributed by atoms with E-state index in [4.69, 9.17) is 4.74 Å². The van der Waals surface area contributed by atoms with Gasteiger partial charge in [-0.05, 0) is 72.9 Å². The summed E-state index contributed by atoms with van der Waals surface area (Å²) in [4.78, 5) is 0. The zero-order chi connectivity index (χ0) is 14.8. The van der Waals surface area contributed by atoms with E-state index in [1.807, 2.05) is 0 Å². The number of ether oxygens (including phenoxy) is 1. The standard InChI is InChI=1S/C20H26O/c1-14(2)16-8-10-18(11-9-16)21-19-12-15(3)20-7-5-4-6-17(20)13-19/h4-7,12-14,16,18H,8-11H2,1-3H3. The summed E-state index contributed by atoms with van der Waals surface area (Å²) in [5.41, 5.74) is 1.30. The Labute approximate surface area is 128 Å². The molecule has 1 aliphatic rings. The maximum Gasteiger partial charge on any atom is 0.120 e. The first-order chi connectivity index (χ1) is 10.1. The lowest BCUT2D eigenvalue weighted by Crippen LogP contribution is -2.26. The van der Waals surface area contributed by atoms with E-state index in [1.54, 1.807) is 0 Å². The maximum atomic E-state index is 6.27. The Balaban J connectivity index is 1.71. The van der Waals surface area contributed by atoms with E-state index in [0.717, 1.165) is 17.6 Å². The fraction of sp³-hybridized carbons (Fsp3) is 0.500. The van der Waals surface area contributed by atoms with Crippen LogP contribution in [0.1, 0.15) is 45.1 Å². The molecule has 0 amide bonds. The van der Waals surface area contributed by atoms with Crippen LogP contribution in [0.25, 0.3) is 10.8 Å². The lowest BCUT2D eigenvalue weighted by atomic mass is 9.80. The van der Waals surface area contributed by atoms with E-state index in [-0.39, 0.29) is 0 Å². The highest BCUT2D eigenvalue weighted by Gasteiger charge is 2.24. The first-order valence-electron chi connectivity index (χ1n) is 8.29. The van der Waals surface area contributed by atoms with E-state index in [1.165, 1.54) is 42.0 Å². The monoisotopic (exact) mass is 282 g/mol. The van der Waals surface area contributed by atoms with Crippen molar-refractivity contribution in [3.05, 3.63) is 42.0 Å². The van der Waals surface area contributed by atoms with Gasteiger partial charge < -0.3 is 4.74 Å². The first kappa shape index (κ1) is 14.4. The highest BCUT2D eigenvalue weighted by Crippen LogP contribution is 2.33. The summed E-state index contributed by atoms with van der Waals surface area (Å²) in [6.07, 6.45) is 5.44. The van der Waals surface area contributed by atoms with Gasteiger partial charge in [-0.25, -0.2) is 0 Å². The summed E-state index contributed by atoms with van der Waals surface area (Å²) in [6.45, 7) is 6.86. The number of hydrogen-bond acceptors (Lipinski definition) is 1. The van der Waals surface area contributed by atoms with Crippen molar-refractivity contribution in [2.75, 3.05) is 0 Å². The Morgan fingerprint density at radius 3 is 2.43 bits per heavy atom. The van der Waals surface area contributed by atoms with Crippen LogP contribution in [-0.2, 0) is 0 Å². The van der Waals surface area contributed by atoms with Gasteiger partial charge >= 0.3 is 0 Å². The summed E-state index contributed by atoms with van der Waals surface area (Å²) in [5, 5.41) is 2.61. The molecule has 1 fully saturated rings. The van der Waals surface area contributed by atoms with Gasteiger partial charge in [0.1, 0.15) is 5.75 Å². The zero-order valence-electron chi connectivity index (χ0n) is 13.4. The summed E-state index contributed by atoms with van der Waals surface area (Å²) in [7, 11) is 0. The van der Waals surface area contributed by atoms with E-state index >= 15 is 0 Å². The maximum absolute atomic E-state index is 6.27. The second-order valence-corrected chi connectivity index (χ2v) is 6.86. The first-order valence-corrected chi connectivity index (χ1v) is 8.29. The van der Waals surface area contributed by atoms with Crippen molar-refractivity contribution in [3.63, 3.8) is 0 Å². The number of rotatable bonds is 3. The van der Waals surface area contributed by atoms with E-state index < -0.39 is 0 Å². The molecule has 1 saturated carbocycles. The van der Waals surface area contributed by atoms with Crippen LogP contribution in [0, 0.1) is 18.8 Å². The second-order valence-electron chi connectivity index (χ2n) is 6.86. The Morgan fingerprint density at radius 2 is 1.71 bits per heavy atom. The molecule has 21 heavy (non-hydrogen) atoms. The third-order valence-electron chi connectivity index (χ3n) is 5.01. The van der Waals surface area contributed by atoms with Crippen LogP contribution in [0.5, 0.6) is 5.75 Å². The van der Waals surface area contributed by atoms with Gasteiger partial charge in [-0.15, -0.1) is 0 Å². The normalized spacial score (nSPS) is 22.7. The lowest BCUT2D eigenvalue weighted by Gasteiger charge is -2.31. The van der Waals surface area contributed by atoms with Gasteiger partial charge in [0.15, 0.2) is 0 Å². The molecule has 0 atom stereocenters. The zero-order valence-corrected chi connectivity index (χ0v) is 13.4. The molecule has 112 valence electrons. The summed E-state index contributed by atoms with van der Waals surface area (Å²) in [6, 6.07) is 12.9. The quantitative estimate of drug-likeness (QED) is 0.697. The largest absolute Gasteiger partial charge is 0.490 e. The molecular formula is C20H26O. The summed E-state index contributed by atoms with van der Waals surface area (Å²) < 4.78 is 6.27. The van der Waals surface area contributed by atoms with Crippen LogP contribution in [0.3, 0.4) is 0 Å². The Bertz CT molecular complexity index is 606. The SMILES string of the molecule is Cc1cc(OC2CCC(C(C)C)CC2)cc2ccccc12. The molecule has 0 unspecified atom stereocenters. The van der Waals surface area contributed by atoms with Gasteiger partial charge in [-0.2, -0.15) is 0 Å². The van der Waals surface area contributed by atoms with E-state index in [2.05, 4.69) is 57.2 Å². The highest BCUT2D eigenvalue weighted by molar-refractivity contribution is 5.86. The Kier molecular flexibility index (Phi) is 4.19. The van der Waals surface area contributed by atoms with Gasteiger partial charge in [0, 0.05) is 0 Å². The number of hydrogen-bond donors (Lipinski definition) is 0. The van der Waals surface area contributed by atoms with Crippen molar-refractivity contribution in [1.82, 2.24) is 0 Å². The number of fused-ring (bicyclic) bond motifs is 1. The number of aryl methyl sites for hydroxylation is 1. The highest BCUT2D eigenvalue weighted by atomic mass is 16.5. The summed E-state index contributed by atoms with van der Waals surface area (Å²) in [5.74, 6) is 2.75. The molecule has 0 N–H and O–H groups in total. The topological polar surface area (TPSA) is 9.23 Å². The summed E-state index contributed by atoms with van der Waals surface area (Å²) >= 11 is 0. The molecule has 0 aromatic heterocycles. The van der Waals surface area contributed by atoms with Gasteiger partial charge in [-0.1, -0.05) is 38.1 Å². The Hall–Kier alpha value is -1.50. The molecule has 0 saturated heterocycles. The Morgan fingerprint density at radius 1 is 1.00 bits per heavy atom. The van der Waals surface area contributed by atoms with Crippen LogP contribution in [-0.4, -0.2) is 6.10 Å². The predicted octanol–water partition coefficient (Wildman–Crippen LogP) is 5.74. The average molecular weight is 282 g/mol. The molecule has 1 heteroatoms. The van der Waals surface area contributed by atoms with Crippen molar-refractivity contribution in [2.24, 2.45) is 11.8 Å². The van der Waals surface area contributed by atoms with Crippen LogP contribution < -0.4 is 4.74 Å². The third kappa shape index (κ3) is 3.23. The van der Waals surface area contributed by atoms with Crippen molar-refractivity contribution in [3.8, 4) is 5.75 Å². The fourth-order valence-corrected chi connectivity index (χ4v) is 3.60. The minimum absolute atomic E-state index is 0.403. The van der Waals surface area contributed by atoms with Crippen molar-refractivity contribution in [1.29, 1.82) is 0 Å². The molecule has 1 aliphatic carbocycles. The van der Waals surface area contributed by atoms with Crippen LogP contribution in [0.15, 0.2) is 36.4 Å². The van der Waals surface area contributed by atoms with Gasteiger partial charge in [0.25, 0.3) is 0 Å². The lowest BCUT2D eigenvalue weighted by molar-refractivity contribution is 0.117. The molecule has 1 nitrogen and oxygen atoms in total. The minimum Gasteiger partial charge on any atom is -0.490 e. The second kappa shape index (κ2) is 6.09. The van der Waals surface area contributed by atoms with E-state index in [9.17, 15) is 0 Å². The predicted molar refractivity (Wildman–Crippen MR) is 89.9 cm³/mol. The molecule has 2 aromatic carbocycles. The van der Waals surface area contributed by atoms with Gasteiger partial charge in [-0.3, -0.25) is 0 Å². The average Bonchev–Trinajstić information content (AvgIpc) is 2.48. The smallest absolute Gasteiger partial charge is 0.120 e. The van der Waals surface area contributed by atoms with Crippen LogP contribution in [0.2, 0.25) is 0 Å². The molecule has 2 aromatic rings. The van der Waals surface area contributed by atoms with E-state index in [0.29, 0.717) is 6.10 Å². The minimum atomic E-state index is 0.403. The molecule has 0 bridgehead atoms. The number of benzene rings is 2. The van der Waals surface area contributed by atoms with Gasteiger partial charge in [0.2, 0.25) is 0 Å². The molecule has 3 rings (SSSR count).